The number of hydrogen-bond donors (Lipinski definition) is 1. The third-order valence-corrected chi connectivity index (χ3v) is 4.39. The van der Waals surface area contributed by atoms with E-state index in [-0.39, 0.29) is 11.8 Å². The fourth-order valence-corrected chi connectivity index (χ4v) is 2.57. The second kappa shape index (κ2) is 7.84. The van der Waals surface area contributed by atoms with Crippen molar-refractivity contribution in [3.63, 3.8) is 0 Å². The maximum atomic E-state index is 12.1. The van der Waals surface area contributed by atoms with Gasteiger partial charge in [-0.05, 0) is 20.3 Å². The fraction of sp³-hybridized carbons (Fsp3) is 0.533. The van der Waals surface area contributed by atoms with Crippen LogP contribution in [0.2, 0.25) is 10.0 Å². The van der Waals surface area contributed by atoms with Crippen LogP contribution in [0, 0.1) is 19.8 Å². The first-order valence-corrected chi connectivity index (χ1v) is 8.29. The molecule has 126 valence electrons. The highest BCUT2D eigenvalue weighted by atomic mass is 35.5. The lowest BCUT2D eigenvalue weighted by Crippen LogP contribution is -2.33. The predicted octanol–water partition coefficient (Wildman–Crippen LogP) is 2.85. The van der Waals surface area contributed by atoms with Gasteiger partial charge in [0.2, 0.25) is 5.91 Å². The molecule has 2 heterocycles. The van der Waals surface area contributed by atoms with Crippen LogP contribution in [0.1, 0.15) is 24.7 Å². The van der Waals surface area contributed by atoms with Crippen LogP contribution >= 0.6 is 23.2 Å². The Labute approximate surface area is 145 Å². The minimum absolute atomic E-state index is 0.00664. The molecule has 0 radical (unpaired) electrons. The van der Waals surface area contributed by atoms with E-state index in [2.05, 4.69) is 15.5 Å². The van der Waals surface area contributed by atoms with Crippen molar-refractivity contribution in [2.45, 2.75) is 40.3 Å². The highest BCUT2D eigenvalue weighted by Gasteiger charge is 2.16. The molecule has 6 nitrogen and oxygen atoms in total. The topological polar surface area (TPSA) is 64.7 Å². The molecule has 1 atom stereocenters. The van der Waals surface area contributed by atoms with Crippen molar-refractivity contribution in [1.82, 2.24) is 24.9 Å². The van der Waals surface area contributed by atoms with Crippen LogP contribution in [0.15, 0.2) is 12.4 Å². The van der Waals surface area contributed by atoms with Crippen LogP contribution in [-0.4, -0.2) is 32.0 Å². The molecule has 0 fully saturated rings. The molecule has 0 aliphatic rings. The summed E-state index contributed by atoms with van der Waals surface area (Å²) >= 11 is 11.9. The van der Waals surface area contributed by atoms with Gasteiger partial charge < -0.3 is 5.32 Å². The zero-order valence-electron chi connectivity index (χ0n) is 13.5. The number of amides is 1. The number of nitrogens with one attached hydrogen (secondary N) is 1. The summed E-state index contributed by atoms with van der Waals surface area (Å²) in [5, 5.41) is 12.7. The fourth-order valence-electron chi connectivity index (χ4n) is 2.28. The molecule has 0 aliphatic carbocycles. The van der Waals surface area contributed by atoms with E-state index in [1.807, 2.05) is 20.8 Å². The van der Waals surface area contributed by atoms with Crippen LogP contribution < -0.4 is 5.32 Å². The zero-order valence-corrected chi connectivity index (χ0v) is 15.0. The largest absolute Gasteiger partial charge is 0.356 e. The molecular formula is C15H21Cl2N5O. The first kappa shape index (κ1) is 17.8. The quantitative estimate of drug-likeness (QED) is 0.774. The van der Waals surface area contributed by atoms with Gasteiger partial charge in [0.05, 0.1) is 40.1 Å². The number of aryl methyl sites for hydroxylation is 2. The van der Waals surface area contributed by atoms with E-state index in [1.54, 1.807) is 21.8 Å². The summed E-state index contributed by atoms with van der Waals surface area (Å²) in [4.78, 5) is 12.1. The first-order chi connectivity index (χ1) is 10.9. The maximum Gasteiger partial charge on any atom is 0.224 e. The molecule has 23 heavy (non-hydrogen) atoms. The number of halogens is 2. The molecule has 0 saturated heterocycles. The molecule has 2 rings (SSSR count). The predicted molar refractivity (Wildman–Crippen MR) is 90.7 cm³/mol. The highest BCUT2D eigenvalue weighted by molar-refractivity contribution is 6.31. The lowest BCUT2D eigenvalue weighted by Gasteiger charge is -2.13. The van der Waals surface area contributed by atoms with Gasteiger partial charge in [-0.25, -0.2) is 0 Å². The molecule has 2 aromatic rings. The van der Waals surface area contributed by atoms with Crippen molar-refractivity contribution >= 4 is 29.1 Å². The Hall–Kier alpha value is -1.53. The number of aromatic nitrogens is 4. The van der Waals surface area contributed by atoms with E-state index < -0.39 is 0 Å². The van der Waals surface area contributed by atoms with Crippen molar-refractivity contribution in [2.75, 3.05) is 6.54 Å². The van der Waals surface area contributed by atoms with Gasteiger partial charge in [0, 0.05) is 19.3 Å². The van der Waals surface area contributed by atoms with Crippen LogP contribution in [-0.2, 0) is 17.9 Å². The molecule has 8 heteroatoms. The van der Waals surface area contributed by atoms with Crippen LogP contribution in [0.25, 0.3) is 0 Å². The van der Waals surface area contributed by atoms with Gasteiger partial charge in [-0.15, -0.1) is 0 Å². The van der Waals surface area contributed by atoms with Crippen molar-refractivity contribution in [1.29, 1.82) is 0 Å². The normalized spacial score (nSPS) is 12.4. The standard InChI is InChI=1S/C15H21Cl2N5O/c1-10(8-22-12(3)14(17)11(2)20-22)15(23)18-5-4-6-21-9-13(16)7-19-21/h7,9-10H,4-6,8H2,1-3H3,(H,18,23). The van der Waals surface area contributed by atoms with Crippen molar-refractivity contribution in [3.8, 4) is 0 Å². The smallest absolute Gasteiger partial charge is 0.224 e. The summed E-state index contributed by atoms with van der Waals surface area (Å²) in [6, 6.07) is 0. The van der Waals surface area contributed by atoms with Crippen LogP contribution in [0.3, 0.4) is 0 Å². The van der Waals surface area contributed by atoms with E-state index in [0.717, 1.165) is 17.8 Å². The summed E-state index contributed by atoms with van der Waals surface area (Å²) < 4.78 is 3.55. The lowest BCUT2D eigenvalue weighted by atomic mass is 10.1. The summed E-state index contributed by atoms with van der Waals surface area (Å²) in [5.74, 6) is -0.171. The Bertz CT molecular complexity index is 679. The lowest BCUT2D eigenvalue weighted by molar-refractivity contribution is -0.124. The number of rotatable bonds is 7. The van der Waals surface area contributed by atoms with Gasteiger partial charge >= 0.3 is 0 Å². The highest BCUT2D eigenvalue weighted by Crippen LogP contribution is 2.19. The van der Waals surface area contributed by atoms with Gasteiger partial charge in [0.15, 0.2) is 0 Å². The SMILES string of the molecule is Cc1nn(CC(C)C(=O)NCCCn2cc(Cl)cn2)c(C)c1Cl. The molecule has 2 aromatic heterocycles. The Balaban J connectivity index is 1.75. The number of carbonyl (C=O) groups excluding carboxylic acids is 1. The third-order valence-electron chi connectivity index (χ3n) is 3.65. The van der Waals surface area contributed by atoms with Gasteiger partial charge in [-0.3, -0.25) is 14.2 Å². The Morgan fingerprint density at radius 3 is 2.70 bits per heavy atom. The third kappa shape index (κ3) is 4.72. The van der Waals surface area contributed by atoms with Gasteiger partial charge in [0.25, 0.3) is 0 Å². The monoisotopic (exact) mass is 357 g/mol. The average Bonchev–Trinajstić information content (AvgIpc) is 3.03. The minimum atomic E-state index is -0.178. The molecule has 1 N–H and O–H groups in total. The second-order valence-electron chi connectivity index (χ2n) is 5.63. The van der Waals surface area contributed by atoms with Crippen LogP contribution in [0.4, 0.5) is 0 Å². The zero-order chi connectivity index (χ0) is 17.0. The van der Waals surface area contributed by atoms with Gasteiger partial charge in [0.1, 0.15) is 0 Å². The van der Waals surface area contributed by atoms with E-state index in [0.29, 0.717) is 29.7 Å². The molecule has 0 saturated carbocycles. The van der Waals surface area contributed by atoms with Gasteiger partial charge in [-0.2, -0.15) is 10.2 Å². The van der Waals surface area contributed by atoms with E-state index in [1.165, 1.54) is 0 Å². The first-order valence-electron chi connectivity index (χ1n) is 7.53. The number of nitrogens with zero attached hydrogens (tertiary/aromatic N) is 4. The average molecular weight is 358 g/mol. The van der Waals surface area contributed by atoms with Gasteiger partial charge in [-0.1, -0.05) is 30.1 Å². The minimum Gasteiger partial charge on any atom is -0.356 e. The summed E-state index contributed by atoms with van der Waals surface area (Å²) in [7, 11) is 0. The molecule has 0 aliphatic heterocycles. The summed E-state index contributed by atoms with van der Waals surface area (Å²) in [6.07, 6.45) is 4.16. The number of carbonyl (C=O) groups is 1. The van der Waals surface area contributed by atoms with E-state index in [4.69, 9.17) is 23.2 Å². The molecule has 0 bridgehead atoms. The summed E-state index contributed by atoms with van der Waals surface area (Å²) in [6.45, 7) is 7.47. The van der Waals surface area contributed by atoms with Crippen molar-refractivity contribution in [2.24, 2.45) is 5.92 Å². The van der Waals surface area contributed by atoms with Crippen molar-refractivity contribution in [3.05, 3.63) is 33.8 Å². The Kier molecular flexibility index (Phi) is 6.07. The molecule has 1 amide bonds. The van der Waals surface area contributed by atoms with Crippen molar-refractivity contribution < 1.29 is 4.79 Å². The number of hydrogen-bond acceptors (Lipinski definition) is 3. The Morgan fingerprint density at radius 2 is 2.13 bits per heavy atom. The Morgan fingerprint density at radius 1 is 1.39 bits per heavy atom. The van der Waals surface area contributed by atoms with E-state index in [9.17, 15) is 4.79 Å². The maximum absolute atomic E-state index is 12.1. The molecule has 0 spiro atoms. The van der Waals surface area contributed by atoms with Crippen LogP contribution in [0.5, 0.6) is 0 Å². The molecule has 1 unspecified atom stereocenters. The molecule has 0 aromatic carbocycles. The molecular weight excluding hydrogens is 337 g/mol. The summed E-state index contributed by atoms with van der Waals surface area (Å²) in [5.41, 5.74) is 1.68. The van der Waals surface area contributed by atoms with E-state index >= 15 is 0 Å². The second-order valence-corrected chi connectivity index (χ2v) is 6.45.